The molecule has 0 bridgehead atoms. The summed E-state index contributed by atoms with van der Waals surface area (Å²) in [5.74, 6) is 0. The van der Waals surface area contributed by atoms with Crippen LogP contribution in [0.5, 0.6) is 0 Å². The maximum absolute atomic E-state index is 12.2. The van der Waals surface area contributed by atoms with Gasteiger partial charge in [0.2, 0.25) is 0 Å². The Balaban J connectivity index is 2.12. The van der Waals surface area contributed by atoms with Crippen LogP contribution < -0.4 is 11.1 Å². The van der Waals surface area contributed by atoms with E-state index in [1.54, 1.807) is 0 Å². The van der Waals surface area contributed by atoms with Crippen molar-refractivity contribution >= 4 is 6.09 Å². The number of amides is 1. The molecule has 2 fully saturated rings. The topological polar surface area (TPSA) is 84.6 Å². The molecule has 2 rings (SSSR count). The number of nitrogens with one attached hydrogen (secondary N) is 1. The summed E-state index contributed by atoms with van der Waals surface area (Å²) in [7, 11) is 0. The number of rotatable bonds is 3. The van der Waals surface area contributed by atoms with E-state index < -0.39 is 5.60 Å². The molecule has 0 spiro atoms. The van der Waals surface area contributed by atoms with Gasteiger partial charge in [-0.3, -0.25) is 0 Å². The molecular formula is C15H28N2O3. The highest BCUT2D eigenvalue weighted by Crippen LogP contribution is 2.55. The number of carbonyl (C=O) groups excluding carboxylic acids is 1. The summed E-state index contributed by atoms with van der Waals surface area (Å²) in [6.45, 7) is 6.08. The van der Waals surface area contributed by atoms with Gasteiger partial charge >= 0.3 is 6.09 Å². The fraction of sp³-hybridized carbons (Fsp3) is 0.933. The third-order valence-electron chi connectivity index (χ3n) is 4.86. The number of ether oxygens (including phenoxy) is 1. The lowest BCUT2D eigenvalue weighted by Gasteiger charge is -2.56. The van der Waals surface area contributed by atoms with Crippen LogP contribution in [0.15, 0.2) is 0 Å². The highest BCUT2D eigenvalue weighted by Gasteiger charge is 2.59. The summed E-state index contributed by atoms with van der Waals surface area (Å²) >= 11 is 0. The van der Waals surface area contributed by atoms with Gasteiger partial charge in [0.05, 0.1) is 11.6 Å². The van der Waals surface area contributed by atoms with Crippen LogP contribution >= 0.6 is 0 Å². The Morgan fingerprint density at radius 1 is 1.35 bits per heavy atom. The number of hydrogen-bond acceptors (Lipinski definition) is 4. The normalized spacial score (nSPS) is 32.5. The smallest absolute Gasteiger partial charge is 0.408 e. The third kappa shape index (κ3) is 2.79. The summed E-state index contributed by atoms with van der Waals surface area (Å²) in [6, 6.07) is 0. The fourth-order valence-corrected chi connectivity index (χ4v) is 3.86. The standard InChI is InChI=1S/C15H28N2O3/c1-13(2,3)20-12(19)17-15(6-4-5-7-15)14(10-16)8-11(18)9-14/h11,18H,4-10,16H2,1-3H3,(H,17,19). The van der Waals surface area contributed by atoms with Crippen molar-refractivity contribution in [1.29, 1.82) is 0 Å². The van der Waals surface area contributed by atoms with E-state index >= 15 is 0 Å². The van der Waals surface area contributed by atoms with E-state index in [0.717, 1.165) is 25.7 Å². The molecule has 2 aliphatic rings. The van der Waals surface area contributed by atoms with Gasteiger partial charge in [0, 0.05) is 12.0 Å². The fourth-order valence-electron chi connectivity index (χ4n) is 3.86. The molecule has 0 aromatic heterocycles. The van der Waals surface area contributed by atoms with E-state index in [1.807, 2.05) is 20.8 Å². The second-order valence-electron chi connectivity index (χ2n) is 7.46. The van der Waals surface area contributed by atoms with Crippen molar-refractivity contribution in [3.05, 3.63) is 0 Å². The zero-order chi connectivity index (χ0) is 15.0. The molecule has 0 aromatic carbocycles. The molecule has 0 heterocycles. The van der Waals surface area contributed by atoms with E-state index in [0.29, 0.717) is 19.4 Å². The number of nitrogens with two attached hydrogens (primary N) is 1. The first kappa shape index (κ1) is 15.6. The molecule has 5 heteroatoms. The molecule has 0 saturated heterocycles. The largest absolute Gasteiger partial charge is 0.444 e. The van der Waals surface area contributed by atoms with Crippen molar-refractivity contribution in [2.75, 3.05) is 6.54 Å². The van der Waals surface area contributed by atoms with Crippen LogP contribution in [0.2, 0.25) is 0 Å². The number of aliphatic hydroxyl groups excluding tert-OH is 1. The van der Waals surface area contributed by atoms with E-state index in [-0.39, 0.29) is 23.2 Å². The minimum absolute atomic E-state index is 0.167. The van der Waals surface area contributed by atoms with Gasteiger partial charge in [-0.1, -0.05) is 12.8 Å². The van der Waals surface area contributed by atoms with Gasteiger partial charge in [-0.15, -0.1) is 0 Å². The monoisotopic (exact) mass is 284 g/mol. The molecule has 4 N–H and O–H groups in total. The minimum atomic E-state index is -0.501. The number of hydrogen-bond donors (Lipinski definition) is 3. The molecule has 5 nitrogen and oxygen atoms in total. The molecule has 2 aliphatic carbocycles. The van der Waals surface area contributed by atoms with Crippen LogP contribution in [-0.4, -0.2) is 35.0 Å². The van der Waals surface area contributed by atoms with Crippen LogP contribution in [0, 0.1) is 5.41 Å². The molecule has 0 radical (unpaired) electrons. The van der Waals surface area contributed by atoms with E-state index in [1.165, 1.54) is 0 Å². The van der Waals surface area contributed by atoms with Crippen molar-refractivity contribution in [3.63, 3.8) is 0 Å². The van der Waals surface area contributed by atoms with E-state index in [9.17, 15) is 9.90 Å². The highest BCUT2D eigenvalue weighted by molar-refractivity contribution is 5.69. The second-order valence-corrected chi connectivity index (χ2v) is 7.46. The van der Waals surface area contributed by atoms with Crippen LogP contribution in [0.4, 0.5) is 4.79 Å². The number of alkyl carbamates (subject to hydrolysis) is 1. The van der Waals surface area contributed by atoms with Gasteiger partial charge in [0.15, 0.2) is 0 Å². The van der Waals surface area contributed by atoms with Crippen LogP contribution in [0.25, 0.3) is 0 Å². The molecule has 1 amide bonds. The molecular weight excluding hydrogens is 256 g/mol. The lowest BCUT2D eigenvalue weighted by molar-refractivity contribution is -0.0873. The van der Waals surface area contributed by atoms with Crippen molar-refractivity contribution < 1.29 is 14.6 Å². The molecule has 0 atom stereocenters. The molecule has 116 valence electrons. The maximum Gasteiger partial charge on any atom is 0.408 e. The van der Waals surface area contributed by atoms with Crippen LogP contribution in [0.3, 0.4) is 0 Å². The average Bonchev–Trinajstić information content (AvgIpc) is 2.71. The summed E-state index contributed by atoms with van der Waals surface area (Å²) in [5, 5.41) is 12.8. The molecule has 0 aliphatic heterocycles. The molecule has 0 unspecified atom stereocenters. The Labute approximate surface area is 121 Å². The Morgan fingerprint density at radius 2 is 1.90 bits per heavy atom. The quantitative estimate of drug-likeness (QED) is 0.739. The predicted molar refractivity (Wildman–Crippen MR) is 77.3 cm³/mol. The summed E-state index contributed by atoms with van der Waals surface area (Å²) in [4.78, 5) is 12.2. The van der Waals surface area contributed by atoms with Gasteiger partial charge < -0.3 is 20.9 Å². The lowest BCUT2D eigenvalue weighted by Crippen LogP contribution is -2.67. The van der Waals surface area contributed by atoms with Crippen LogP contribution in [0.1, 0.15) is 59.3 Å². The van der Waals surface area contributed by atoms with Gasteiger partial charge in [-0.05, 0) is 46.5 Å². The van der Waals surface area contributed by atoms with Crippen molar-refractivity contribution in [1.82, 2.24) is 5.32 Å². The number of carbonyl (C=O) groups is 1. The van der Waals surface area contributed by atoms with Gasteiger partial charge in [0.25, 0.3) is 0 Å². The first-order valence-corrected chi connectivity index (χ1v) is 7.61. The molecule has 20 heavy (non-hydrogen) atoms. The lowest BCUT2D eigenvalue weighted by atomic mass is 9.55. The molecule has 0 aromatic rings. The minimum Gasteiger partial charge on any atom is -0.444 e. The van der Waals surface area contributed by atoms with Gasteiger partial charge in [0.1, 0.15) is 5.60 Å². The maximum atomic E-state index is 12.2. The van der Waals surface area contributed by atoms with Crippen molar-refractivity contribution in [3.8, 4) is 0 Å². The van der Waals surface area contributed by atoms with Crippen LogP contribution in [-0.2, 0) is 4.74 Å². The first-order chi connectivity index (χ1) is 9.22. The first-order valence-electron chi connectivity index (χ1n) is 7.61. The van der Waals surface area contributed by atoms with E-state index in [4.69, 9.17) is 10.5 Å². The third-order valence-corrected chi connectivity index (χ3v) is 4.86. The second kappa shape index (κ2) is 5.19. The highest BCUT2D eigenvalue weighted by atomic mass is 16.6. The number of aliphatic hydroxyl groups is 1. The zero-order valence-corrected chi connectivity index (χ0v) is 12.9. The average molecular weight is 284 g/mol. The SMILES string of the molecule is CC(C)(C)OC(=O)NC1(C2(CN)CC(O)C2)CCCC1. The molecule has 2 saturated carbocycles. The summed E-state index contributed by atoms with van der Waals surface area (Å²) in [6.07, 6.45) is 4.75. The Morgan fingerprint density at radius 3 is 2.30 bits per heavy atom. The van der Waals surface area contributed by atoms with E-state index in [2.05, 4.69) is 5.32 Å². The summed E-state index contributed by atoms with van der Waals surface area (Å²) in [5.41, 5.74) is 5.03. The van der Waals surface area contributed by atoms with Gasteiger partial charge in [-0.2, -0.15) is 0 Å². The Bertz CT molecular complexity index is 364. The summed E-state index contributed by atoms with van der Waals surface area (Å²) < 4.78 is 5.41. The Hall–Kier alpha value is -0.810. The van der Waals surface area contributed by atoms with Crippen molar-refractivity contribution in [2.45, 2.75) is 76.5 Å². The zero-order valence-electron chi connectivity index (χ0n) is 12.9. The Kier molecular flexibility index (Phi) is 4.04. The predicted octanol–water partition coefficient (Wildman–Crippen LogP) is 1.92. The van der Waals surface area contributed by atoms with Gasteiger partial charge in [-0.25, -0.2) is 4.79 Å². The van der Waals surface area contributed by atoms with Crippen molar-refractivity contribution in [2.24, 2.45) is 11.1 Å².